The maximum Gasteiger partial charge on any atom is 0.226 e. The predicted octanol–water partition coefficient (Wildman–Crippen LogP) is 2.36. The minimum absolute atomic E-state index is 0.00277. The molecule has 0 aliphatic heterocycles. The highest BCUT2D eigenvalue weighted by Crippen LogP contribution is 2.18. The van der Waals surface area contributed by atoms with Crippen molar-refractivity contribution in [2.45, 2.75) is 58.9 Å². The highest BCUT2D eigenvalue weighted by molar-refractivity contribution is 7.80. The van der Waals surface area contributed by atoms with Crippen molar-refractivity contribution >= 4 is 23.2 Å². The van der Waals surface area contributed by atoms with Crippen molar-refractivity contribution in [2.24, 2.45) is 5.41 Å². The Bertz CT molecular complexity index is 265. The topological polar surface area (TPSA) is 41.1 Å². The third kappa shape index (κ3) is 5.45. The third-order valence-corrected chi connectivity index (χ3v) is 2.85. The largest absolute Gasteiger partial charge is 0.360 e. The Balaban J connectivity index is 2.25. The lowest BCUT2D eigenvalue weighted by Gasteiger charge is -2.19. The Labute approximate surface area is 103 Å². The molecule has 16 heavy (non-hydrogen) atoms. The molecule has 0 atom stereocenters. The molecule has 0 aromatic carbocycles. The molecule has 3 nitrogen and oxygen atoms in total. The van der Waals surface area contributed by atoms with Gasteiger partial charge in [0.15, 0.2) is 5.11 Å². The molecule has 1 amide bonds. The molecule has 1 aliphatic carbocycles. The van der Waals surface area contributed by atoms with Gasteiger partial charge < -0.3 is 10.6 Å². The molecule has 0 spiro atoms. The highest BCUT2D eigenvalue weighted by atomic mass is 32.1. The molecule has 1 aliphatic rings. The smallest absolute Gasteiger partial charge is 0.226 e. The summed E-state index contributed by atoms with van der Waals surface area (Å²) in [5.74, 6) is 0.00277. The molecule has 0 aromatic heterocycles. The summed E-state index contributed by atoms with van der Waals surface area (Å²) in [4.78, 5) is 11.6. The summed E-state index contributed by atoms with van der Waals surface area (Å²) in [6.45, 7) is 6.13. The second-order valence-electron chi connectivity index (χ2n) is 5.74. The Morgan fingerprint density at radius 1 is 1.31 bits per heavy atom. The second-order valence-corrected chi connectivity index (χ2v) is 6.15. The molecule has 1 saturated carbocycles. The molecule has 0 radical (unpaired) electrons. The van der Waals surface area contributed by atoms with E-state index in [9.17, 15) is 4.79 Å². The first-order valence-electron chi connectivity index (χ1n) is 5.97. The lowest BCUT2D eigenvalue weighted by atomic mass is 9.92. The number of hydrogen-bond donors (Lipinski definition) is 2. The van der Waals surface area contributed by atoms with Gasteiger partial charge in [-0.05, 0) is 30.5 Å². The second kappa shape index (κ2) is 5.62. The van der Waals surface area contributed by atoms with Gasteiger partial charge in [0.1, 0.15) is 0 Å². The molecule has 0 saturated heterocycles. The van der Waals surface area contributed by atoms with Crippen LogP contribution in [0.4, 0.5) is 0 Å². The van der Waals surface area contributed by atoms with Gasteiger partial charge in [0.05, 0.1) is 0 Å². The molecule has 1 rings (SSSR count). The van der Waals surface area contributed by atoms with Gasteiger partial charge >= 0.3 is 0 Å². The molecule has 0 heterocycles. The van der Waals surface area contributed by atoms with Gasteiger partial charge in [0.25, 0.3) is 0 Å². The van der Waals surface area contributed by atoms with Gasteiger partial charge in [-0.15, -0.1) is 0 Å². The van der Waals surface area contributed by atoms with E-state index in [0.29, 0.717) is 17.6 Å². The number of nitrogens with one attached hydrogen (secondary N) is 2. The van der Waals surface area contributed by atoms with Crippen molar-refractivity contribution in [1.29, 1.82) is 0 Å². The summed E-state index contributed by atoms with van der Waals surface area (Å²) >= 11 is 5.11. The van der Waals surface area contributed by atoms with Crippen LogP contribution in [0.3, 0.4) is 0 Å². The van der Waals surface area contributed by atoms with E-state index in [-0.39, 0.29) is 11.3 Å². The number of carbonyl (C=O) groups excluding carboxylic acids is 1. The standard InChI is InChI=1S/C12H22N2OS/c1-12(2,3)8-10(15)14-11(16)13-9-6-4-5-7-9/h9H,4-8H2,1-3H3,(H2,13,14,15,16). The highest BCUT2D eigenvalue weighted by Gasteiger charge is 2.19. The van der Waals surface area contributed by atoms with Gasteiger partial charge in [-0.1, -0.05) is 33.6 Å². The first-order chi connectivity index (χ1) is 7.37. The number of thiocarbonyl (C=S) groups is 1. The number of amides is 1. The van der Waals surface area contributed by atoms with Crippen LogP contribution in [0.1, 0.15) is 52.9 Å². The van der Waals surface area contributed by atoms with E-state index in [4.69, 9.17) is 12.2 Å². The maximum absolute atomic E-state index is 11.6. The zero-order valence-electron chi connectivity index (χ0n) is 10.4. The van der Waals surface area contributed by atoms with Gasteiger partial charge in [-0.2, -0.15) is 0 Å². The number of rotatable bonds is 2. The van der Waals surface area contributed by atoms with Crippen LogP contribution in [0.25, 0.3) is 0 Å². The fraction of sp³-hybridized carbons (Fsp3) is 0.833. The summed E-state index contributed by atoms with van der Waals surface area (Å²) in [7, 11) is 0. The van der Waals surface area contributed by atoms with E-state index in [1.165, 1.54) is 12.8 Å². The minimum Gasteiger partial charge on any atom is -0.360 e. The normalized spacial score (nSPS) is 17.2. The van der Waals surface area contributed by atoms with Crippen LogP contribution in [0.15, 0.2) is 0 Å². The van der Waals surface area contributed by atoms with Gasteiger partial charge in [0, 0.05) is 12.5 Å². The average molecular weight is 242 g/mol. The molecule has 0 unspecified atom stereocenters. The average Bonchev–Trinajstić information content (AvgIpc) is 2.51. The van der Waals surface area contributed by atoms with Crippen LogP contribution in [0.2, 0.25) is 0 Å². The summed E-state index contributed by atoms with van der Waals surface area (Å²) in [5.41, 5.74) is 0.00700. The van der Waals surface area contributed by atoms with Crippen molar-refractivity contribution in [3.8, 4) is 0 Å². The first-order valence-corrected chi connectivity index (χ1v) is 6.38. The van der Waals surface area contributed by atoms with Crippen molar-refractivity contribution in [2.75, 3.05) is 0 Å². The molecular weight excluding hydrogens is 220 g/mol. The van der Waals surface area contributed by atoms with E-state index in [2.05, 4.69) is 10.6 Å². The van der Waals surface area contributed by atoms with Crippen LogP contribution in [0.5, 0.6) is 0 Å². The van der Waals surface area contributed by atoms with E-state index in [0.717, 1.165) is 12.8 Å². The predicted molar refractivity (Wildman–Crippen MR) is 70.2 cm³/mol. The lowest BCUT2D eigenvalue weighted by Crippen LogP contribution is -2.44. The maximum atomic E-state index is 11.6. The van der Waals surface area contributed by atoms with Crippen LogP contribution < -0.4 is 10.6 Å². The molecule has 92 valence electrons. The summed E-state index contributed by atoms with van der Waals surface area (Å²) < 4.78 is 0. The Hall–Kier alpha value is -0.640. The lowest BCUT2D eigenvalue weighted by molar-refractivity contribution is -0.121. The molecule has 0 bridgehead atoms. The quantitative estimate of drug-likeness (QED) is 0.730. The summed E-state index contributed by atoms with van der Waals surface area (Å²) in [6, 6.07) is 0.461. The Morgan fingerprint density at radius 2 is 1.88 bits per heavy atom. The molecule has 4 heteroatoms. The van der Waals surface area contributed by atoms with Crippen molar-refractivity contribution in [1.82, 2.24) is 10.6 Å². The monoisotopic (exact) mass is 242 g/mol. The minimum atomic E-state index is 0.00277. The van der Waals surface area contributed by atoms with Crippen LogP contribution in [-0.4, -0.2) is 17.1 Å². The summed E-state index contributed by atoms with van der Waals surface area (Å²) in [5, 5.41) is 6.43. The Morgan fingerprint density at radius 3 is 2.38 bits per heavy atom. The van der Waals surface area contributed by atoms with Crippen molar-refractivity contribution in [3.63, 3.8) is 0 Å². The van der Waals surface area contributed by atoms with Crippen LogP contribution in [-0.2, 0) is 4.79 Å². The van der Waals surface area contributed by atoms with Gasteiger partial charge in [-0.3, -0.25) is 4.79 Å². The zero-order valence-corrected chi connectivity index (χ0v) is 11.2. The van der Waals surface area contributed by atoms with Crippen molar-refractivity contribution < 1.29 is 4.79 Å². The fourth-order valence-corrected chi connectivity index (χ4v) is 2.22. The van der Waals surface area contributed by atoms with E-state index < -0.39 is 0 Å². The number of carbonyl (C=O) groups is 1. The molecule has 0 aromatic rings. The molecule has 1 fully saturated rings. The van der Waals surface area contributed by atoms with Gasteiger partial charge in [-0.25, -0.2) is 0 Å². The van der Waals surface area contributed by atoms with E-state index in [1.54, 1.807) is 0 Å². The van der Waals surface area contributed by atoms with Crippen LogP contribution in [0, 0.1) is 5.41 Å². The van der Waals surface area contributed by atoms with Crippen molar-refractivity contribution in [3.05, 3.63) is 0 Å². The zero-order chi connectivity index (χ0) is 12.2. The Kier molecular flexibility index (Phi) is 4.71. The van der Waals surface area contributed by atoms with E-state index >= 15 is 0 Å². The number of hydrogen-bond acceptors (Lipinski definition) is 2. The third-order valence-electron chi connectivity index (χ3n) is 2.63. The van der Waals surface area contributed by atoms with Crippen LogP contribution >= 0.6 is 12.2 Å². The van der Waals surface area contributed by atoms with Gasteiger partial charge in [0.2, 0.25) is 5.91 Å². The first kappa shape index (κ1) is 13.4. The van der Waals surface area contributed by atoms with E-state index in [1.807, 2.05) is 20.8 Å². The molecule has 2 N–H and O–H groups in total. The SMILES string of the molecule is CC(C)(C)CC(=O)NC(=S)NC1CCCC1. The fourth-order valence-electron chi connectivity index (χ4n) is 1.94. The molecular formula is C12H22N2OS. The summed E-state index contributed by atoms with van der Waals surface area (Å²) in [6.07, 6.45) is 5.34.